The first kappa shape index (κ1) is 24.3. The molecule has 2 aliphatic rings. The highest BCUT2D eigenvalue weighted by Crippen LogP contribution is 2.27. The number of furan rings is 1. The van der Waals surface area contributed by atoms with E-state index in [4.69, 9.17) is 4.42 Å². The van der Waals surface area contributed by atoms with Crippen molar-refractivity contribution in [3.05, 3.63) is 24.2 Å². The lowest BCUT2D eigenvalue weighted by Crippen LogP contribution is -2.47. The van der Waals surface area contributed by atoms with E-state index in [1.54, 1.807) is 18.4 Å². The first-order valence-corrected chi connectivity index (χ1v) is 11.5. The number of aliphatic hydroxyl groups is 1. The Kier molecular flexibility index (Phi) is 10.6. The largest absolute Gasteiger partial charge is 0.467 e. The average molecular weight is 536 g/mol. The number of carbonyl (C=O) groups excluding carboxylic acids is 1. The third-order valence-corrected chi connectivity index (χ3v) is 6.32. The average Bonchev–Trinajstić information content (AvgIpc) is 3.28. The molecule has 1 unspecified atom stereocenters. The molecule has 2 fully saturated rings. The first-order chi connectivity index (χ1) is 13.7. The van der Waals surface area contributed by atoms with Crippen LogP contribution in [0.3, 0.4) is 0 Å². The summed E-state index contributed by atoms with van der Waals surface area (Å²) in [5, 5.41) is 16.9. The monoisotopic (exact) mass is 536 g/mol. The number of amides is 1. The van der Waals surface area contributed by atoms with Crippen LogP contribution in [-0.2, 0) is 4.79 Å². The number of aliphatic imine (C=N–C) groups is 1. The van der Waals surface area contributed by atoms with Crippen LogP contribution >= 0.6 is 35.7 Å². The molecule has 29 heavy (non-hydrogen) atoms. The van der Waals surface area contributed by atoms with Crippen LogP contribution < -0.4 is 10.6 Å². The fourth-order valence-corrected chi connectivity index (χ4v) is 4.69. The standard InChI is InChI=1S/C20H32N4O3S.HI/c1-2-21-20(22-14-17(25)18-4-3-11-27-18)23-16-7-5-15(6-8-16)19(26)24-9-12-28-13-10-24;/h3-4,11,15-17,25H,2,5-10,12-14H2,1H3,(H2,21,22,23);1H. The Labute approximate surface area is 194 Å². The molecular formula is C20H33IN4O3S. The van der Waals surface area contributed by atoms with Crippen LogP contribution in [0, 0.1) is 5.92 Å². The number of halogens is 1. The number of aliphatic hydroxyl groups excluding tert-OH is 1. The molecule has 0 aromatic carbocycles. The van der Waals surface area contributed by atoms with E-state index in [9.17, 15) is 9.90 Å². The summed E-state index contributed by atoms with van der Waals surface area (Å²) < 4.78 is 5.22. The molecule has 0 radical (unpaired) electrons. The van der Waals surface area contributed by atoms with Crippen LogP contribution in [0.4, 0.5) is 0 Å². The predicted octanol–water partition coefficient (Wildman–Crippen LogP) is 2.62. The summed E-state index contributed by atoms with van der Waals surface area (Å²) in [5.41, 5.74) is 0. The molecule has 1 aromatic heterocycles. The van der Waals surface area contributed by atoms with Crippen LogP contribution in [0.1, 0.15) is 44.5 Å². The molecular weight excluding hydrogens is 503 g/mol. The van der Waals surface area contributed by atoms with E-state index < -0.39 is 6.10 Å². The maximum Gasteiger partial charge on any atom is 0.225 e. The van der Waals surface area contributed by atoms with Crippen molar-refractivity contribution in [1.29, 1.82) is 0 Å². The number of hydrogen-bond donors (Lipinski definition) is 3. The fraction of sp³-hybridized carbons (Fsp3) is 0.700. The van der Waals surface area contributed by atoms with E-state index in [0.717, 1.165) is 56.8 Å². The highest BCUT2D eigenvalue weighted by molar-refractivity contribution is 14.0. The Morgan fingerprint density at radius 1 is 1.34 bits per heavy atom. The van der Waals surface area contributed by atoms with Gasteiger partial charge in [-0.15, -0.1) is 24.0 Å². The van der Waals surface area contributed by atoms with Crippen molar-refractivity contribution in [3.8, 4) is 0 Å². The Bertz CT molecular complexity index is 630. The molecule has 1 amide bonds. The Balaban J connectivity index is 0.00000300. The Morgan fingerprint density at radius 3 is 2.69 bits per heavy atom. The summed E-state index contributed by atoms with van der Waals surface area (Å²) in [7, 11) is 0. The van der Waals surface area contributed by atoms with Crippen LogP contribution in [0.15, 0.2) is 27.8 Å². The lowest BCUT2D eigenvalue weighted by atomic mass is 9.85. The maximum absolute atomic E-state index is 12.7. The van der Waals surface area contributed by atoms with Crippen LogP contribution in [-0.4, -0.2) is 65.6 Å². The molecule has 7 nitrogen and oxygen atoms in total. The van der Waals surface area contributed by atoms with Crippen molar-refractivity contribution in [1.82, 2.24) is 15.5 Å². The highest BCUT2D eigenvalue weighted by Gasteiger charge is 2.30. The van der Waals surface area contributed by atoms with Gasteiger partial charge >= 0.3 is 0 Å². The SMILES string of the molecule is CCNC(=NCC(O)c1ccco1)NC1CCC(C(=O)N2CCSCC2)CC1.I. The molecule has 1 saturated carbocycles. The third-order valence-electron chi connectivity index (χ3n) is 5.38. The van der Waals surface area contributed by atoms with Gasteiger partial charge in [-0.25, -0.2) is 0 Å². The fourth-order valence-electron chi connectivity index (χ4n) is 3.79. The zero-order valence-corrected chi connectivity index (χ0v) is 20.2. The molecule has 1 aliphatic heterocycles. The van der Waals surface area contributed by atoms with Gasteiger partial charge in [-0.1, -0.05) is 0 Å². The zero-order chi connectivity index (χ0) is 19.8. The summed E-state index contributed by atoms with van der Waals surface area (Å²) in [4.78, 5) is 19.2. The summed E-state index contributed by atoms with van der Waals surface area (Å²) in [5.74, 6) is 3.87. The lowest BCUT2D eigenvalue weighted by Gasteiger charge is -2.34. The van der Waals surface area contributed by atoms with Gasteiger partial charge in [0.05, 0.1) is 12.8 Å². The topological polar surface area (TPSA) is 90.1 Å². The molecule has 3 rings (SSSR count). The lowest BCUT2D eigenvalue weighted by molar-refractivity contribution is -0.136. The maximum atomic E-state index is 12.7. The summed E-state index contributed by atoms with van der Waals surface area (Å²) >= 11 is 1.93. The molecule has 1 saturated heterocycles. The van der Waals surface area contributed by atoms with E-state index in [2.05, 4.69) is 20.5 Å². The van der Waals surface area contributed by atoms with Gasteiger partial charge in [-0.3, -0.25) is 9.79 Å². The quantitative estimate of drug-likeness (QED) is 0.294. The molecule has 3 N–H and O–H groups in total. The number of carbonyl (C=O) groups is 1. The Hall–Kier alpha value is -0.940. The van der Waals surface area contributed by atoms with Gasteiger partial charge in [0.1, 0.15) is 11.9 Å². The zero-order valence-electron chi connectivity index (χ0n) is 17.0. The van der Waals surface area contributed by atoms with E-state index in [1.807, 2.05) is 18.7 Å². The van der Waals surface area contributed by atoms with Crippen LogP contribution in [0.5, 0.6) is 0 Å². The van der Waals surface area contributed by atoms with Gasteiger partial charge in [-0.05, 0) is 44.7 Å². The smallest absolute Gasteiger partial charge is 0.225 e. The Morgan fingerprint density at radius 2 is 2.07 bits per heavy atom. The molecule has 1 aromatic rings. The van der Waals surface area contributed by atoms with Crippen LogP contribution in [0.2, 0.25) is 0 Å². The molecule has 9 heteroatoms. The van der Waals surface area contributed by atoms with Crippen molar-refractivity contribution >= 4 is 47.6 Å². The molecule has 0 bridgehead atoms. The van der Waals surface area contributed by atoms with Crippen molar-refractivity contribution < 1.29 is 14.3 Å². The first-order valence-electron chi connectivity index (χ1n) is 10.3. The molecule has 164 valence electrons. The minimum Gasteiger partial charge on any atom is -0.467 e. The number of thioether (sulfide) groups is 1. The third kappa shape index (κ3) is 7.36. The normalized spacial score (nSPS) is 23.8. The second-order valence-electron chi connectivity index (χ2n) is 7.38. The highest BCUT2D eigenvalue weighted by atomic mass is 127. The molecule has 1 atom stereocenters. The van der Waals surface area contributed by atoms with Gasteiger partial charge in [-0.2, -0.15) is 11.8 Å². The van der Waals surface area contributed by atoms with Gasteiger partial charge < -0.3 is 25.1 Å². The number of nitrogens with one attached hydrogen (secondary N) is 2. The molecule has 1 aliphatic carbocycles. The van der Waals surface area contributed by atoms with E-state index in [-0.39, 0.29) is 36.4 Å². The number of rotatable bonds is 6. The van der Waals surface area contributed by atoms with Crippen molar-refractivity contribution in [2.24, 2.45) is 10.9 Å². The predicted molar refractivity (Wildman–Crippen MR) is 128 cm³/mol. The van der Waals surface area contributed by atoms with Crippen molar-refractivity contribution in [3.63, 3.8) is 0 Å². The summed E-state index contributed by atoms with van der Waals surface area (Å²) in [6.45, 7) is 4.81. The van der Waals surface area contributed by atoms with Crippen molar-refractivity contribution in [2.45, 2.75) is 44.8 Å². The van der Waals surface area contributed by atoms with Crippen LogP contribution in [0.25, 0.3) is 0 Å². The minimum atomic E-state index is -0.749. The number of guanidine groups is 1. The summed E-state index contributed by atoms with van der Waals surface area (Å²) in [6.07, 6.45) is 4.58. The van der Waals surface area contributed by atoms with E-state index >= 15 is 0 Å². The van der Waals surface area contributed by atoms with E-state index in [0.29, 0.717) is 23.7 Å². The van der Waals surface area contributed by atoms with Gasteiger partial charge in [0, 0.05) is 43.1 Å². The minimum absolute atomic E-state index is 0. The second-order valence-corrected chi connectivity index (χ2v) is 8.61. The molecule has 2 heterocycles. The number of nitrogens with zero attached hydrogens (tertiary/aromatic N) is 2. The summed E-state index contributed by atoms with van der Waals surface area (Å²) in [6, 6.07) is 3.81. The molecule has 0 spiro atoms. The number of hydrogen-bond acceptors (Lipinski definition) is 5. The van der Waals surface area contributed by atoms with Crippen molar-refractivity contribution in [2.75, 3.05) is 37.7 Å². The van der Waals surface area contributed by atoms with E-state index in [1.165, 1.54) is 0 Å². The van der Waals surface area contributed by atoms with Gasteiger partial charge in [0.25, 0.3) is 0 Å². The van der Waals surface area contributed by atoms with Gasteiger partial charge in [0.15, 0.2) is 5.96 Å². The van der Waals surface area contributed by atoms with Gasteiger partial charge in [0.2, 0.25) is 5.91 Å². The second kappa shape index (κ2) is 12.7.